The number of nitrogens with one attached hydrogen (secondary N) is 1. The molecule has 0 aliphatic heterocycles. The molecule has 2 heterocycles. The van der Waals surface area contributed by atoms with Crippen molar-refractivity contribution in [3.8, 4) is 11.3 Å². The smallest absolute Gasteiger partial charge is 0.234 e. The van der Waals surface area contributed by atoms with Crippen LogP contribution in [0, 0.1) is 5.82 Å². The lowest BCUT2D eigenvalue weighted by atomic mass is 10.2. The Balaban J connectivity index is 1.56. The standard InChI is InChI=1S/C17H13FN4OS/c18-13-4-1-5-14(9-13)20-16(23)11-24-17-7-6-15(21-22-17)12-3-2-8-19-10-12/h1-10H,11H2,(H,20,23). The molecule has 0 saturated heterocycles. The number of hydrogen-bond acceptors (Lipinski definition) is 5. The Labute approximate surface area is 142 Å². The molecule has 120 valence electrons. The first kappa shape index (κ1) is 16.1. The highest BCUT2D eigenvalue weighted by Gasteiger charge is 2.06. The largest absolute Gasteiger partial charge is 0.325 e. The fourth-order valence-corrected chi connectivity index (χ4v) is 2.58. The number of rotatable bonds is 5. The SMILES string of the molecule is O=C(CSc1ccc(-c2cccnc2)nn1)Nc1cccc(F)c1. The van der Waals surface area contributed by atoms with Gasteiger partial charge in [-0.05, 0) is 42.5 Å². The third-order valence-corrected chi connectivity index (χ3v) is 3.98. The summed E-state index contributed by atoms with van der Waals surface area (Å²) < 4.78 is 13.1. The van der Waals surface area contributed by atoms with Crippen LogP contribution in [0.4, 0.5) is 10.1 Å². The number of carbonyl (C=O) groups is 1. The molecule has 2 aromatic heterocycles. The first-order valence-electron chi connectivity index (χ1n) is 7.13. The molecule has 0 spiro atoms. The monoisotopic (exact) mass is 340 g/mol. The van der Waals surface area contributed by atoms with Crippen LogP contribution in [0.25, 0.3) is 11.3 Å². The predicted molar refractivity (Wildman–Crippen MR) is 91.0 cm³/mol. The Kier molecular flexibility index (Phi) is 5.12. The van der Waals surface area contributed by atoms with Crippen LogP contribution in [0.1, 0.15) is 0 Å². The molecular weight excluding hydrogens is 327 g/mol. The molecule has 0 saturated carbocycles. The molecule has 0 aliphatic carbocycles. The van der Waals surface area contributed by atoms with Crippen LogP contribution in [0.15, 0.2) is 66.0 Å². The van der Waals surface area contributed by atoms with Crippen LogP contribution in [0.2, 0.25) is 0 Å². The topological polar surface area (TPSA) is 67.8 Å². The van der Waals surface area contributed by atoms with Gasteiger partial charge >= 0.3 is 0 Å². The van der Waals surface area contributed by atoms with E-state index in [-0.39, 0.29) is 11.7 Å². The highest BCUT2D eigenvalue weighted by atomic mass is 32.2. The number of pyridine rings is 1. The van der Waals surface area contributed by atoms with Crippen molar-refractivity contribution in [2.75, 3.05) is 11.1 Å². The fourth-order valence-electron chi connectivity index (χ4n) is 1.97. The summed E-state index contributed by atoms with van der Waals surface area (Å²) >= 11 is 1.26. The van der Waals surface area contributed by atoms with E-state index >= 15 is 0 Å². The van der Waals surface area contributed by atoms with Crippen molar-refractivity contribution in [3.05, 3.63) is 66.7 Å². The molecule has 1 aromatic carbocycles. The molecule has 0 radical (unpaired) electrons. The number of aromatic nitrogens is 3. The van der Waals surface area contributed by atoms with E-state index in [0.29, 0.717) is 10.7 Å². The fraction of sp³-hybridized carbons (Fsp3) is 0.0588. The van der Waals surface area contributed by atoms with Crippen LogP contribution in [0.3, 0.4) is 0 Å². The maximum absolute atomic E-state index is 13.1. The van der Waals surface area contributed by atoms with Gasteiger partial charge in [0.05, 0.1) is 11.4 Å². The lowest BCUT2D eigenvalue weighted by Crippen LogP contribution is -2.14. The summed E-state index contributed by atoms with van der Waals surface area (Å²) in [6, 6.07) is 13.1. The van der Waals surface area contributed by atoms with Gasteiger partial charge in [0.2, 0.25) is 5.91 Å². The maximum atomic E-state index is 13.1. The molecule has 1 amide bonds. The third-order valence-electron chi connectivity index (χ3n) is 3.06. The average Bonchev–Trinajstić information content (AvgIpc) is 2.61. The van der Waals surface area contributed by atoms with Crippen LogP contribution in [0.5, 0.6) is 0 Å². The van der Waals surface area contributed by atoms with E-state index < -0.39 is 5.82 Å². The zero-order chi connectivity index (χ0) is 16.8. The van der Waals surface area contributed by atoms with E-state index in [9.17, 15) is 9.18 Å². The van der Waals surface area contributed by atoms with Crippen molar-refractivity contribution in [2.24, 2.45) is 0 Å². The zero-order valence-corrected chi connectivity index (χ0v) is 13.3. The molecule has 0 atom stereocenters. The molecule has 1 N–H and O–H groups in total. The predicted octanol–water partition coefficient (Wildman–Crippen LogP) is 3.41. The number of anilines is 1. The van der Waals surface area contributed by atoms with Crippen molar-refractivity contribution in [3.63, 3.8) is 0 Å². The summed E-state index contributed by atoms with van der Waals surface area (Å²) in [7, 11) is 0. The lowest BCUT2D eigenvalue weighted by molar-refractivity contribution is -0.113. The van der Waals surface area contributed by atoms with Gasteiger partial charge in [-0.1, -0.05) is 17.8 Å². The van der Waals surface area contributed by atoms with Crippen LogP contribution >= 0.6 is 11.8 Å². The summed E-state index contributed by atoms with van der Waals surface area (Å²) in [6.45, 7) is 0. The maximum Gasteiger partial charge on any atom is 0.234 e. The summed E-state index contributed by atoms with van der Waals surface area (Å²) in [4.78, 5) is 15.9. The molecule has 3 aromatic rings. The van der Waals surface area contributed by atoms with Gasteiger partial charge in [-0.2, -0.15) is 0 Å². The first-order chi connectivity index (χ1) is 11.7. The van der Waals surface area contributed by atoms with Crippen LogP contribution in [-0.2, 0) is 4.79 Å². The number of carbonyl (C=O) groups excluding carboxylic acids is 1. The van der Waals surface area contributed by atoms with Gasteiger partial charge in [0.1, 0.15) is 10.8 Å². The van der Waals surface area contributed by atoms with Gasteiger partial charge in [0.25, 0.3) is 0 Å². The van der Waals surface area contributed by atoms with Crippen LogP contribution < -0.4 is 5.32 Å². The van der Waals surface area contributed by atoms with Gasteiger partial charge in [0.15, 0.2) is 0 Å². The van der Waals surface area contributed by atoms with Crippen molar-refractivity contribution < 1.29 is 9.18 Å². The van der Waals surface area contributed by atoms with Gasteiger partial charge in [-0.15, -0.1) is 10.2 Å². The number of benzene rings is 1. The van der Waals surface area contributed by atoms with Gasteiger partial charge < -0.3 is 5.32 Å². The van der Waals surface area contributed by atoms with E-state index in [0.717, 1.165) is 11.3 Å². The van der Waals surface area contributed by atoms with E-state index in [1.54, 1.807) is 30.6 Å². The van der Waals surface area contributed by atoms with Gasteiger partial charge in [-0.25, -0.2) is 4.39 Å². The Morgan fingerprint density at radius 2 is 2.04 bits per heavy atom. The molecule has 0 aliphatic rings. The summed E-state index contributed by atoms with van der Waals surface area (Å²) in [5.74, 6) is -0.460. The molecule has 5 nitrogen and oxygen atoms in total. The Hall–Kier alpha value is -2.80. The minimum absolute atomic E-state index is 0.164. The van der Waals surface area contributed by atoms with Gasteiger partial charge in [0, 0.05) is 23.6 Å². The van der Waals surface area contributed by atoms with Crippen molar-refractivity contribution in [1.29, 1.82) is 0 Å². The Morgan fingerprint density at radius 3 is 2.75 bits per heavy atom. The first-order valence-corrected chi connectivity index (χ1v) is 8.11. The van der Waals surface area contributed by atoms with E-state index in [1.165, 1.54) is 23.9 Å². The summed E-state index contributed by atoms with van der Waals surface area (Å²) in [5.41, 5.74) is 2.03. The molecule has 0 bridgehead atoms. The molecule has 0 unspecified atom stereocenters. The minimum atomic E-state index is -0.391. The lowest BCUT2D eigenvalue weighted by Gasteiger charge is -2.05. The van der Waals surface area contributed by atoms with Crippen molar-refractivity contribution >= 4 is 23.4 Å². The zero-order valence-electron chi connectivity index (χ0n) is 12.5. The Bertz CT molecular complexity index is 828. The second-order valence-electron chi connectivity index (χ2n) is 4.85. The normalized spacial score (nSPS) is 10.4. The summed E-state index contributed by atoms with van der Waals surface area (Å²) in [6.07, 6.45) is 3.40. The number of hydrogen-bond donors (Lipinski definition) is 1. The molecular formula is C17H13FN4OS. The molecule has 7 heteroatoms. The quantitative estimate of drug-likeness (QED) is 0.721. The number of nitrogens with zero attached hydrogens (tertiary/aromatic N) is 3. The highest BCUT2D eigenvalue weighted by molar-refractivity contribution is 7.99. The second kappa shape index (κ2) is 7.65. The number of amides is 1. The summed E-state index contributed by atoms with van der Waals surface area (Å²) in [5, 5.41) is 11.5. The highest BCUT2D eigenvalue weighted by Crippen LogP contribution is 2.19. The average molecular weight is 340 g/mol. The Morgan fingerprint density at radius 1 is 1.12 bits per heavy atom. The van der Waals surface area contributed by atoms with Crippen LogP contribution in [-0.4, -0.2) is 26.8 Å². The van der Waals surface area contributed by atoms with E-state index in [2.05, 4.69) is 20.5 Å². The number of thioether (sulfide) groups is 1. The van der Waals surface area contributed by atoms with Crippen molar-refractivity contribution in [2.45, 2.75) is 5.03 Å². The molecule has 0 fully saturated rings. The second-order valence-corrected chi connectivity index (χ2v) is 5.84. The van der Waals surface area contributed by atoms with Gasteiger partial charge in [-0.3, -0.25) is 9.78 Å². The molecule has 24 heavy (non-hydrogen) atoms. The van der Waals surface area contributed by atoms with Crippen molar-refractivity contribution in [1.82, 2.24) is 15.2 Å². The minimum Gasteiger partial charge on any atom is -0.325 e. The third kappa shape index (κ3) is 4.36. The van der Waals surface area contributed by atoms with E-state index in [4.69, 9.17) is 0 Å². The van der Waals surface area contributed by atoms with E-state index in [1.807, 2.05) is 18.2 Å². The molecule has 3 rings (SSSR count). The number of halogens is 1.